The van der Waals surface area contributed by atoms with E-state index in [0.717, 1.165) is 27.9 Å². The van der Waals surface area contributed by atoms with Crippen LogP contribution in [-0.2, 0) is 6.61 Å². The third-order valence-corrected chi connectivity index (χ3v) is 2.82. The van der Waals surface area contributed by atoms with Gasteiger partial charge >= 0.3 is 0 Å². The van der Waals surface area contributed by atoms with E-state index in [-0.39, 0.29) is 0 Å². The predicted octanol–water partition coefficient (Wildman–Crippen LogP) is 3.32. The summed E-state index contributed by atoms with van der Waals surface area (Å²) < 4.78 is 5.70. The number of H-pyrrole nitrogens is 1. The highest BCUT2D eigenvalue weighted by Gasteiger charge is 2.06. The van der Waals surface area contributed by atoms with Gasteiger partial charge < -0.3 is 4.74 Å². The Hall–Kier alpha value is -2.29. The number of nitrogens with zero attached hydrogens (tertiary/aromatic N) is 1. The fourth-order valence-electron chi connectivity index (χ4n) is 1.89. The highest BCUT2D eigenvalue weighted by atomic mass is 16.5. The SMILES string of the molecule is [CH2]c1ccc2[nH]nc(COc3ccccc3)c2c1. The van der Waals surface area contributed by atoms with Crippen molar-refractivity contribution in [3.8, 4) is 5.75 Å². The number of rotatable bonds is 3. The molecule has 89 valence electrons. The summed E-state index contributed by atoms with van der Waals surface area (Å²) in [6.45, 7) is 4.38. The Morgan fingerprint density at radius 1 is 1.11 bits per heavy atom. The molecule has 0 atom stereocenters. The molecule has 1 radical (unpaired) electrons. The number of ether oxygens (including phenoxy) is 1. The van der Waals surface area contributed by atoms with Gasteiger partial charge in [-0.1, -0.05) is 24.3 Å². The average Bonchev–Trinajstić information content (AvgIpc) is 2.80. The third kappa shape index (κ3) is 2.07. The Kier molecular flexibility index (Phi) is 2.73. The first-order valence-corrected chi connectivity index (χ1v) is 5.80. The van der Waals surface area contributed by atoms with E-state index in [1.807, 2.05) is 48.5 Å². The second kappa shape index (κ2) is 4.53. The van der Waals surface area contributed by atoms with Crippen LogP contribution < -0.4 is 4.74 Å². The molecule has 3 nitrogen and oxygen atoms in total. The molecule has 18 heavy (non-hydrogen) atoms. The van der Waals surface area contributed by atoms with Crippen molar-refractivity contribution in [2.45, 2.75) is 6.61 Å². The van der Waals surface area contributed by atoms with Crippen LogP contribution in [-0.4, -0.2) is 10.2 Å². The Bertz CT molecular complexity index is 659. The maximum atomic E-state index is 5.70. The van der Waals surface area contributed by atoms with Gasteiger partial charge in [0.25, 0.3) is 0 Å². The van der Waals surface area contributed by atoms with Gasteiger partial charge in [-0.2, -0.15) is 5.10 Å². The van der Waals surface area contributed by atoms with Crippen molar-refractivity contribution in [1.82, 2.24) is 10.2 Å². The van der Waals surface area contributed by atoms with Gasteiger partial charge in [0.15, 0.2) is 0 Å². The van der Waals surface area contributed by atoms with Gasteiger partial charge in [-0.25, -0.2) is 0 Å². The molecule has 0 aliphatic heterocycles. The molecule has 1 heterocycles. The van der Waals surface area contributed by atoms with Gasteiger partial charge in [0, 0.05) is 5.39 Å². The molecule has 1 N–H and O–H groups in total. The lowest BCUT2D eigenvalue weighted by atomic mass is 10.1. The van der Waals surface area contributed by atoms with Crippen LogP contribution in [0.5, 0.6) is 5.75 Å². The standard InChI is InChI=1S/C15H13N2O/c1-11-7-8-14-13(9-11)15(17-16-14)10-18-12-5-3-2-4-6-12/h2-9H,1,10H2,(H,16,17). The highest BCUT2D eigenvalue weighted by Crippen LogP contribution is 2.19. The van der Waals surface area contributed by atoms with Gasteiger partial charge in [-0.05, 0) is 36.8 Å². The van der Waals surface area contributed by atoms with Crippen molar-refractivity contribution in [1.29, 1.82) is 0 Å². The summed E-state index contributed by atoms with van der Waals surface area (Å²) in [7, 11) is 0. The molecule has 0 aliphatic carbocycles. The number of benzene rings is 2. The normalized spacial score (nSPS) is 10.7. The molecule has 1 aromatic heterocycles. The van der Waals surface area contributed by atoms with Crippen LogP contribution in [0.15, 0.2) is 48.5 Å². The lowest BCUT2D eigenvalue weighted by Crippen LogP contribution is -1.96. The van der Waals surface area contributed by atoms with E-state index in [2.05, 4.69) is 17.1 Å². The van der Waals surface area contributed by atoms with Gasteiger partial charge in [-0.3, -0.25) is 5.10 Å². The van der Waals surface area contributed by atoms with E-state index in [9.17, 15) is 0 Å². The van der Waals surface area contributed by atoms with Crippen LogP contribution in [0, 0.1) is 6.92 Å². The van der Waals surface area contributed by atoms with E-state index < -0.39 is 0 Å². The second-order valence-electron chi connectivity index (χ2n) is 4.15. The summed E-state index contributed by atoms with van der Waals surface area (Å²) in [6, 6.07) is 15.7. The second-order valence-corrected chi connectivity index (χ2v) is 4.15. The minimum atomic E-state index is 0.452. The van der Waals surface area contributed by atoms with Crippen LogP contribution in [0.4, 0.5) is 0 Å². The minimum Gasteiger partial charge on any atom is -0.487 e. The fourth-order valence-corrected chi connectivity index (χ4v) is 1.89. The number of aromatic amines is 1. The molecule has 0 aliphatic rings. The molecule has 2 aromatic carbocycles. The Labute approximate surface area is 105 Å². The van der Waals surface area contributed by atoms with Crippen molar-refractivity contribution in [3.05, 3.63) is 66.7 Å². The monoisotopic (exact) mass is 237 g/mol. The van der Waals surface area contributed by atoms with Gasteiger partial charge in [0.05, 0.1) is 5.52 Å². The molecule has 0 spiro atoms. The largest absolute Gasteiger partial charge is 0.487 e. The molecular weight excluding hydrogens is 224 g/mol. The number of fused-ring (bicyclic) bond motifs is 1. The third-order valence-electron chi connectivity index (χ3n) is 2.82. The zero-order valence-electron chi connectivity index (χ0n) is 9.89. The first kappa shape index (κ1) is 10.8. The van der Waals surface area contributed by atoms with Crippen molar-refractivity contribution in [2.24, 2.45) is 0 Å². The molecule has 0 unspecified atom stereocenters. The molecular formula is C15H13N2O. The quantitative estimate of drug-likeness (QED) is 0.758. The first-order chi connectivity index (χ1) is 8.83. The molecule has 0 amide bonds. The lowest BCUT2D eigenvalue weighted by Gasteiger charge is -2.03. The maximum Gasteiger partial charge on any atom is 0.133 e. The Morgan fingerprint density at radius 2 is 1.94 bits per heavy atom. The van der Waals surface area contributed by atoms with E-state index in [1.165, 1.54) is 0 Å². The van der Waals surface area contributed by atoms with Crippen LogP contribution in [0.25, 0.3) is 10.9 Å². The Morgan fingerprint density at radius 3 is 2.78 bits per heavy atom. The molecule has 3 heteroatoms. The molecule has 0 saturated heterocycles. The molecule has 0 bridgehead atoms. The van der Waals surface area contributed by atoms with E-state index in [1.54, 1.807) is 0 Å². The van der Waals surface area contributed by atoms with Crippen LogP contribution >= 0.6 is 0 Å². The Balaban J connectivity index is 1.85. The highest BCUT2D eigenvalue weighted by molar-refractivity contribution is 5.82. The van der Waals surface area contributed by atoms with Crippen LogP contribution in [0.2, 0.25) is 0 Å². The van der Waals surface area contributed by atoms with Gasteiger partial charge in [0.2, 0.25) is 0 Å². The van der Waals surface area contributed by atoms with Gasteiger partial charge in [0.1, 0.15) is 18.1 Å². The van der Waals surface area contributed by atoms with E-state index in [4.69, 9.17) is 4.74 Å². The van der Waals surface area contributed by atoms with Crippen molar-refractivity contribution in [3.63, 3.8) is 0 Å². The molecule has 0 saturated carbocycles. The number of hydrogen-bond donors (Lipinski definition) is 1. The van der Waals surface area contributed by atoms with Crippen LogP contribution in [0.3, 0.4) is 0 Å². The average molecular weight is 237 g/mol. The molecule has 3 aromatic rings. The fraction of sp³-hybridized carbons (Fsp3) is 0.0667. The summed E-state index contributed by atoms with van der Waals surface area (Å²) in [4.78, 5) is 0. The first-order valence-electron chi connectivity index (χ1n) is 5.80. The summed E-state index contributed by atoms with van der Waals surface area (Å²) in [6.07, 6.45) is 0. The number of aromatic nitrogens is 2. The van der Waals surface area contributed by atoms with Crippen LogP contribution in [0.1, 0.15) is 11.3 Å². The predicted molar refractivity (Wildman–Crippen MR) is 71.3 cm³/mol. The summed E-state index contributed by atoms with van der Waals surface area (Å²) >= 11 is 0. The lowest BCUT2D eigenvalue weighted by molar-refractivity contribution is 0.302. The van der Waals surface area contributed by atoms with E-state index in [0.29, 0.717) is 6.61 Å². The van der Waals surface area contributed by atoms with Gasteiger partial charge in [-0.15, -0.1) is 0 Å². The molecule has 3 rings (SSSR count). The summed E-state index contributed by atoms with van der Waals surface area (Å²) in [5.41, 5.74) is 2.89. The summed E-state index contributed by atoms with van der Waals surface area (Å²) in [5.74, 6) is 0.847. The van der Waals surface area contributed by atoms with Crippen molar-refractivity contribution >= 4 is 10.9 Å². The smallest absolute Gasteiger partial charge is 0.133 e. The number of hydrogen-bond acceptors (Lipinski definition) is 2. The van der Waals surface area contributed by atoms with Crippen molar-refractivity contribution < 1.29 is 4.74 Å². The topological polar surface area (TPSA) is 37.9 Å². The zero-order valence-corrected chi connectivity index (χ0v) is 9.89. The number of nitrogens with one attached hydrogen (secondary N) is 1. The number of para-hydroxylation sites is 1. The molecule has 0 fully saturated rings. The van der Waals surface area contributed by atoms with Crippen molar-refractivity contribution in [2.75, 3.05) is 0 Å². The van der Waals surface area contributed by atoms with E-state index >= 15 is 0 Å². The maximum absolute atomic E-state index is 5.70. The zero-order chi connectivity index (χ0) is 12.4. The minimum absolute atomic E-state index is 0.452. The summed E-state index contributed by atoms with van der Waals surface area (Å²) in [5, 5.41) is 8.34.